The van der Waals surface area contributed by atoms with Gasteiger partial charge in [0.25, 0.3) is 5.91 Å². The predicted octanol–water partition coefficient (Wildman–Crippen LogP) is 4.23. The Labute approximate surface area is 221 Å². The van der Waals surface area contributed by atoms with Crippen molar-refractivity contribution in [3.63, 3.8) is 0 Å². The van der Waals surface area contributed by atoms with Crippen LogP contribution in [0.4, 0.5) is 0 Å². The summed E-state index contributed by atoms with van der Waals surface area (Å²) in [5.41, 5.74) is 2.04. The third-order valence-corrected chi connectivity index (χ3v) is 6.70. The second-order valence-corrected chi connectivity index (χ2v) is 9.99. The molecule has 3 aromatic rings. The van der Waals surface area contributed by atoms with Crippen LogP contribution in [0.3, 0.4) is 0 Å². The summed E-state index contributed by atoms with van der Waals surface area (Å²) in [6, 6.07) is 22.2. The summed E-state index contributed by atoms with van der Waals surface area (Å²) in [6.07, 6.45) is -3.79. The second-order valence-electron chi connectivity index (χ2n) is 9.55. The largest absolute Gasteiger partial charge is 0.462 e. The molecule has 1 aliphatic heterocycles. The SMILES string of the molecule is CO[C@@H]1[C@@H](O)[C@@H](O)[C@@H](Oc2ccc(-c3cccc(Cl)c3)c(C(=O)NCCc3ccccc3)c2)OC1(C)C. The molecule has 1 fully saturated rings. The van der Waals surface area contributed by atoms with Crippen molar-refractivity contribution < 1.29 is 29.2 Å². The van der Waals surface area contributed by atoms with E-state index in [-0.39, 0.29) is 5.91 Å². The number of methoxy groups -OCH3 is 1. The Balaban J connectivity index is 1.59. The van der Waals surface area contributed by atoms with Crippen LogP contribution in [0.1, 0.15) is 29.8 Å². The predicted molar refractivity (Wildman–Crippen MR) is 142 cm³/mol. The number of benzene rings is 3. The van der Waals surface area contributed by atoms with E-state index >= 15 is 0 Å². The fraction of sp³-hybridized carbons (Fsp3) is 0.345. The van der Waals surface area contributed by atoms with Gasteiger partial charge in [-0.15, -0.1) is 0 Å². The van der Waals surface area contributed by atoms with Crippen molar-refractivity contribution in [2.45, 2.75) is 50.5 Å². The van der Waals surface area contributed by atoms with Crippen molar-refractivity contribution in [2.75, 3.05) is 13.7 Å². The summed E-state index contributed by atoms with van der Waals surface area (Å²) in [4.78, 5) is 13.3. The molecule has 196 valence electrons. The number of hydrogen-bond donors (Lipinski definition) is 3. The van der Waals surface area contributed by atoms with Crippen molar-refractivity contribution in [3.8, 4) is 16.9 Å². The van der Waals surface area contributed by atoms with E-state index in [1.807, 2.05) is 42.5 Å². The van der Waals surface area contributed by atoms with Crippen LogP contribution in [0.2, 0.25) is 5.02 Å². The molecule has 0 aromatic heterocycles. The number of hydrogen-bond acceptors (Lipinski definition) is 6. The molecule has 0 unspecified atom stereocenters. The van der Waals surface area contributed by atoms with Gasteiger partial charge in [-0.2, -0.15) is 0 Å². The molecule has 4 rings (SSSR count). The van der Waals surface area contributed by atoms with Gasteiger partial charge in [0.05, 0.1) is 11.2 Å². The lowest BCUT2D eigenvalue weighted by molar-refractivity contribution is -0.305. The number of aliphatic hydroxyl groups excluding tert-OH is 2. The number of amides is 1. The zero-order chi connectivity index (χ0) is 26.6. The third kappa shape index (κ3) is 6.32. The van der Waals surface area contributed by atoms with Crippen LogP contribution in [-0.2, 0) is 15.9 Å². The van der Waals surface area contributed by atoms with Crippen LogP contribution < -0.4 is 10.1 Å². The van der Waals surface area contributed by atoms with Crippen molar-refractivity contribution >= 4 is 17.5 Å². The number of ether oxygens (including phenoxy) is 3. The van der Waals surface area contributed by atoms with E-state index < -0.39 is 30.2 Å². The van der Waals surface area contributed by atoms with Gasteiger partial charge >= 0.3 is 0 Å². The Morgan fingerprint density at radius 3 is 2.49 bits per heavy atom. The first-order valence-corrected chi connectivity index (χ1v) is 12.5. The standard InChI is InChI=1S/C29H32ClNO6/c1-29(2)26(35-3)24(32)25(33)28(37-29)36-21-12-13-22(19-10-7-11-20(30)16-19)23(17-21)27(34)31-15-14-18-8-5-4-6-9-18/h4-13,16-17,24-26,28,32-33H,14-15H2,1-3H3,(H,31,34)/t24-,25+,26+,28-/m0/s1. The Kier molecular flexibility index (Phi) is 8.52. The molecule has 4 atom stereocenters. The van der Waals surface area contributed by atoms with Crippen LogP contribution in [0.25, 0.3) is 11.1 Å². The second kappa shape index (κ2) is 11.6. The highest BCUT2D eigenvalue weighted by Crippen LogP contribution is 2.34. The first kappa shape index (κ1) is 27.1. The molecule has 3 N–H and O–H groups in total. The first-order valence-electron chi connectivity index (χ1n) is 12.1. The number of nitrogens with one attached hydrogen (secondary N) is 1. The van der Waals surface area contributed by atoms with Gasteiger partial charge in [-0.1, -0.05) is 54.1 Å². The van der Waals surface area contributed by atoms with Crippen LogP contribution in [0.5, 0.6) is 5.75 Å². The van der Waals surface area contributed by atoms with E-state index in [2.05, 4.69) is 5.32 Å². The van der Waals surface area contributed by atoms with Gasteiger partial charge in [0.15, 0.2) is 0 Å². The summed E-state index contributed by atoms with van der Waals surface area (Å²) >= 11 is 6.21. The topological polar surface area (TPSA) is 97.3 Å². The normalized spacial score (nSPS) is 22.9. The molecule has 1 saturated heterocycles. The van der Waals surface area contributed by atoms with Gasteiger partial charge in [-0.25, -0.2) is 0 Å². The molecule has 0 spiro atoms. The molecule has 8 heteroatoms. The van der Waals surface area contributed by atoms with Gasteiger partial charge in [-0.3, -0.25) is 4.79 Å². The molecule has 1 amide bonds. The smallest absolute Gasteiger partial charge is 0.252 e. The Hall–Kier alpha value is -2.94. The Morgan fingerprint density at radius 1 is 1.03 bits per heavy atom. The fourth-order valence-corrected chi connectivity index (χ4v) is 4.78. The fourth-order valence-electron chi connectivity index (χ4n) is 4.59. The molecule has 0 aliphatic carbocycles. The molecule has 1 heterocycles. The van der Waals surface area contributed by atoms with Gasteiger partial charge in [0, 0.05) is 18.7 Å². The van der Waals surface area contributed by atoms with Crippen LogP contribution >= 0.6 is 11.6 Å². The molecule has 0 radical (unpaired) electrons. The van der Waals surface area contributed by atoms with Crippen molar-refractivity contribution in [1.29, 1.82) is 0 Å². The van der Waals surface area contributed by atoms with Gasteiger partial charge < -0.3 is 29.7 Å². The summed E-state index contributed by atoms with van der Waals surface area (Å²) in [7, 11) is 1.45. The van der Waals surface area contributed by atoms with Crippen molar-refractivity contribution in [2.24, 2.45) is 0 Å². The number of rotatable bonds is 8. The molecule has 37 heavy (non-hydrogen) atoms. The number of carbonyl (C=O) groups is 1. The first-order chi connectivity index (χ1) is 17.7. The molecule has 3 aromatic carbocycles. The van der Waals surface area contributed by atoms with Gasteiger partial charge in [-0.05, 0) is 67.3 Å². The molecule has 0 saturated carbocycles. The lowest BCUT2D eigenvalue weighted by Crippen LogP contribution is -2.63. The van der Waals surface area contributed by atoms with Crippen molar-refractivity contribution in [3.05, 3.63) is 88.9 Å². The van der Waals surface area contributed by atoms with Gasteiger partial charge in [0.2, 0.25) is 6.29 Å². The minimum Gasteiger partial charge on any atom is -0.462 e. The van der Waals surface area contributed by atoms with E-state index in [0.29, 0.717) is 34.9 Å². The zero-order valence-electron chi connectivity index (χ0n) is 21.1. The maximum Gasteiger partial charge on any atom is 0.252 e. The van der Waals surface area contributed by atoms with Crippen LogP contribution in [0.15, 0.2) is 72.8 Å². The summed E-state index contributed by atoms with van der Waals surface area (Å²) in [6.45, 7) is 3.95. The number of halogens is 1. The van der Waals surface area contributed by atoms with E-state index in [1.54, 1.807) is 44.2 Å². The summed E-state index contributed by atoms with van der Waals surface area (Å²) in [5, 5.41) is 24.7. The quantitative estimate of drug-likeness (QED) is 0.407. The van der Waals surface area contributed by atoms with Crippen molar-refractivity contribution in [1.82, 2.24) is 5.32 Å². The lowest BCUT2D eigenvalue weighted by Gasteiger charge is -2.46. The summed E-state index contributed by atoms with van der Waals surface area (Å²) < 4.78 is 17.2. The summed E-state index contributed by atoms with van der Waals surface area (Å²) in [5.74, 6) is 0.0307. The molecule has 0 bridgehead atoms. The highest BCUT2D eigenvalue weighted by atomic mass is 35.5. The monoisotopic (exact) mass is 525 g/mol. The lowest BCUT2D eigenvalue weighted by atomic mass is 9.89. The van der Waals surface area contributed by atoms with E-state index in [1.165, 1.54) is 7.11 Å². The van der Waals surface area contributed by atoms with E-state index in [9.17, 15) is 15.0 Å². The molecule has 7 nitrogen and oxygen atoms in total. The molecular formula is C29H32ClNO6. The maximum atomic E-state index is 13.3. The average molecular weight is 526 g/mol. The van der Waals surface area contributed by atoms with E-state index in [4.69, 9.17) is 25.8 Å². The van der Waals surface area contributed by atoms with E-state index in [0.717, 1.165) is 11.1 Å². The Bertz CT molecular complexity index is 1220. The van der Waals surface area contributed by atoms with Crippen LogP contribution in [0, 0.1) is 0 Å². The number of carbonyl (C=O) groups excluding carboxylic acids is 1. The number of aliphatic hydroxyl groups is 2. The average Bonchev–Trinajstić information content (AvgIpc) is 2.87. The highest BCUT2D eigenvalue weighted by molar-refractivity contribution is 6.30. The zero-order valence-corrected chi connectivity index (χ0v) is 21.8. The minimum absolute atomic E-state index is 0.277. The molecule has 1 aliphatic rings. The van der Waals surface area contributed by atoms with Gasteiger partial charge in [0.1, 0.15) is 24.1 Å². The maximum absolute atomic E-state index is 13.3. The molecular weight excluding hydrogens is 494 g/mol. The highest BCUT2D eigenvalue weighted by Gasteiger charge is 2.50. The van der Waals surface area contributed by atoms with Crippen LogP contribution in [-0.4, -0.2) is 60.0 Å². The Morgan fingerprint density at radius 2 is 1.78 bits per heavy atom. The minimum atomic E-state index is -1.35. The third-order valence-electron chi connectivity index (χ3n) is 6.46.